The largest absolute Gasteiger partial charge is 0.416 e. The number of nitrogens with zero attached hydrogens (tertiary/aromatic N) is 3. The van der Waals surface area contributed by atoms with Crippen LogP contribution in [0.1, 0.15) is 16.8 Å². The molecule has 1 fully saturated rings. The maximum atomic E-state index is 12.5. The van der Waals surface area contributed by atoms with Gasteiger partial charge < -0.3 is 9.64 Å². The van der Waals surface area contributed by atoms with Crippen molar-refractivity contribution >= 4 is 28.6 Å². The van der Waals surface area contributed by atoms with Crippen LogP contribution >= 0.6 is 11.3 Å². The fourth-order valence-electron chi connectivity index (χ4n) is 2.42. The maximum Gasteiger partial charge on any atom is 0.416 e. The quantitative estimate of drug-likeness (QED) is 0.621. The van der Waals surface area contributed by atoms with Crippen molar-refractivity contribution in [3.8, 4) is 0 Å². The van der Waals surface area contributed by atoms with Crippen molar-refractivity contribution in [3.63, 3.8) is 0 Å². The fourth-order valence-corrected chi connectivity index (χ4v) is 3.30. The molecule has 2 heterocycles. The van der Waals surface area contributed by atoms with Gasteiger partial charge in [-0.2, -0.15) is 18.3 Å². The van der Waals surface area contributed by atoms with Crippen molar-refractivity contribution in [1.29, 1.82) is 0 Å². The first-order valence-electron chi connectivity index (χ1n) is 8.18. The summed E-state index contributed by atoms with van der Waals surface area (Å²) >= 11 is 1.47. The molecule has 3 rings (SSSR count). The molecule has 0 unspecified atom stereocenters. The molecule has 1 amide bonds. The number of carbonyl (C=O) groups is 1. The number of carbonyl (C=O) groups excluding carboxylic acids is 1. The molecule has 0 saturated carbocycles. The number of aromatic nitrogens is 1. The minimum absolute atomic E-state index is 0.0746. The zero-order valence-electron chi connectivity index (χ0n) is 14.2. The van der Waals surface area contributed by atoms with Crippen LogP contribution in [0.15, 0.2) is 34.7 Å². The van der Waals surface area contributed by atoms with Gasteiger partial charge in [0.15, 0.2) is 5.13 Å². The van der Waals surface area contributed by atoms with E-state index in [0.29, 0.717) is 24.5 Å². The van der Waals surface area contributed by atoms with E-state index in [-0.39, 0.29) is 12.3 Å². The first-order chi connectivity index (χ1) is 12.9. The maximum absolute atomic E-state index is 12.5. The van der Waals surface area contributed by atoms with Crippen molar-refractivity contribution in [2.24, 2.45) is 5.10 Å². The van der Waals surface area contributed by atoms with E-state index in [1.54, 1.807) is 0 Å². The Balaban J connectivity index is 1.49. The number of ether oxygens (including phenoxy) is 1. The molecule has 1 aromatic heterocycles. The highest BCUT2D eigenvalue weighted by atomic mass is 32.1. The lowest BCUT2D eigenvalue weighted by atomic mass is 10.1. The van der Waals surface area contributed by atoms with Crippen LogP contribution in [0.25, 0.3) is 0 Å². The third kappa shape index (κ3) is 5.51. The number of morpholine rings is 1. The molecule has 0 radical (unpaired) electrons. The third-order valence-corrected chi connectivity index (χ3v) is 4.75. The molecule has 27 heavy (non-hydrogen) atoms. The van der Waals surface area contributed by atoms with E-state index in [1.807, 2.05) is 5.38 Å². The third-order valence-electron chi connectivity index (χ3n) is 3.80. The average Bonchev–Trinajstić information content (AvgIpc) is 3.10. The van der Waals surface area contributed by atoms with Gasteiger partial charge in [0.1, 0.15) is 0 Å². The van der Waals surface area contributed by atoms with Gasteiger partial charge in [0.25, 0.3) is 0 Å². The number of thiazole rings is 1. The second-order valence-corrected chi connectivity index (χ2v) is 6.65. The Morgan fingerprint density at radius 3 is 2.67 bits per heavy atom. The number of rotatable bonds is 5. The van der Waals surface area contributed by atoms with Crippen LogP contribution in [-0.2, 0) is 22.1 Å². The normalized spacial score (nSPS) is 15.3. The van der Waals surface area contributed by atoms with Crippen LogP contribution < -0.4 is 10.3 Å². The summed E-state index contributed by atoms with van der Waals surface area (Å²) in [4.78, 5) is 18.5. The summed E-state index contributed by atoms with van der Waals surface area (Å²) in [5.41, 5.74) is 2.71. The second kappa shape index (κ2) is 8.49. The molecule has 144 valence electrons. The van der Waals surface area contributed by atoms with E-state index in [2.05, 4.69) is 20.4 Å². The van der Waals surface area contributed by atoms with E-state index < -0.39 is 11.7 Å². The Morgan fingerprint density at radius 1 is 1.30 bits per heavy atom. The number of hydrogen-bond acceptors (Lipinski definition) is 6. The summed E-state index contributed by atoms with van der Waals surface area (Å²) in [6.07, 6.45) is -3.01. The molecular formula is C17H17F3N4O2S. The van der Waals surface area contributed by atoms with Gasteiger partial charge in [0.05, 0.1) is 37.1 Å². The van der Waals surface area contributed by atoms with E-state index in [9.17, 15) is 18.0 Å². The van der Waals surface area contributed by atoms with Gasteiger partial charge in [0, 0.05) is 18.5 Å². The van der Waals surface area contributed by atoms with E-state index in [1.165, 1.54) is 29.7 Å². The minimum Gasteiger partial charge on any atom is -0.378 e. The van der Waals surface area contributed by atoms with Crippen LogP contribution in [0.4, 0.5) is 18.3 Å². The van der Waals surface area contributed by atoms with Crippen molar-refractivity contribution in [2.75, 3.05) is 31.2 Å². The first-order valence-corrected chi connectivity index (χ1v) is 9.06. The van der Waals surface area contributed by atoms with Gasteiger partial charge in [-0.3, -0.25) is 4.79 Å². The van der Waals surface area contributed by atoms with Gasteiger partial charge in [0.2, 0.25) is 5.91 Å². The van der Waals surface area contributed by atoms with Gasteiger partial charge in [-0.05, 0) is 17.7 Å². The molecule has 0 aliphatic carbocycles. The van der Waals surface area contributed by atoms with Gasteiger partial charge >= 0.3 is 6.18 Å². The summed E-state index contributed by atoms with van der Waals surface area (Å²) in [5.74, 6) is -0.350. The monoisotopic (exact) mass is 398 g/mol. The molecule has 0 bridgehead atoms. The molecule has 0 atom stereocenters. The molecule has 6 nitrogen and oxygen atoms in total. The highest BCUT2D eigenvalue weighted by molar-refractivity contribution is 7.13. The second-order valence-electron chi connectivity index (χ2n) is 5.81. The number of benzene rings is 1. The van der Waals surface area contributed by atoms with Crippen molar-refractivity contribution < 1.29 is 22.7 Å². The van der Waals surface area contributed by atoms with E-state index in [0.717, 1.165) is 30.4 Å². The smallest absolute Gasteiger partial charge is 0.378 e. The van der Waals surface area contributed by atoms with Gasteiger partial charge in [-0.25, -0.2) is 10.4 Å². The summed E-state index contributed by atoms with van der Waals surface area (Å²) < 4.78 is 42.8. The lowest BCUT2D eigenvalue weighted by Gasteiger charge is -2.26. The number of alkyl halides is 3. The van der Waals surface area contributed by atoms with E-state index in [4.69, 9.17) is 4.74 Å². The molecule has 1 N–H and O–H groups in total. The summed E-state index contributed by atoms with van der Waals surface area (Å²) in [6, 6.07) is 4.50. The van der Waals surface area contributed by atoms with Gasteiger partial charge in [-0.15, -0.1) is 11.3 Å². The Labute approximate surface area is 157 Å². The number of hydrazone groups is 1. The summed E-state index contributed by atoms with van der Waals surface area (Å²) in [5, 5.41) is 6.45. The Morgan fingerprint density at radius 2 is 2.00 bits per heavy atom. The lowest BCUT2D eigenvalue weighted by Crippen LogP contribution is -2.36. The van der Waals surface area contributed by atoms with Crippen LogP contribution in [0.2, 0.25) is 0 Å². The van der Waals surface area contributed by atoms with Crippen LogP contribution in [0, 0.1) is 0 Å². The molecule has 1 aliphatic rings. The van der Waals surface area contributed by atoms with Crippen molar-refractivity contribution in [1.82, 2.24) is 10.4 Å². The molecular weight excluding hydrogens is 381 g/mol. The zero-order chi connectivity index (χ0) is 19.3. The Bertz CT molecular complexity index is 799. The Hall–Kier alpha value is -2.46. The fraction of sp³-hybridized carbons (Fsp3) is 0.353. The molecule has 2 aromatic rings. The van der Waals surface area contributed by atoms with Crippen molar-refractivity contribution in [2.45, 2.75) is 12.6 Å². The number of nitrogens with one attached hydrogen (secondary N) is 1. The molecule has 1 aromatic carbocycles. The standard InChI is InChI=1S/C17H17F3N4O2S/c18-17(19,20)13-3-1-12(2-4-13)10-21-23-15(25)9-14-11-27-16(22-14)24-5-7-26-8-6-24/h1-4,10-11H,5-9H2,(H,23,25)/b21-10+. The minimum atomic E-state index is -4.38. The topological polar surface area (TPSA) is 66.8 Å². The van der Waals surface area contributed by atoms with E-state index >= 15 is 0 Å². The number of amides is 1. The average molecular weight is 398 g/mol. The summed E-state index contributed by atoms with van der Waals surface area (Å²) in [6.45, 7) is 2.87. The number of anilines is 1. The predicted molar refractivity (Wildman–Crippen MR) is 96.0 cm³/mol. The highest BCUT2D eigenvalue weighted by Crippen LogP contribution is 2.28. The first kappa shape index (κ1) is 19.3. The molecule has 1 aliphatic heterocycles. The number of hydrogen-bond donors (Lipinski definition) is 1. The summed E-state index contributed by atoms with van der Waals surface area (Å²) in [7, 11) is 0. The molecule has 10 heteroatoms. The Kier molecular flexibility index (Phi) is 6.07. The molecule has 0 spiro atoms. The SMILES string of the molecule is O=C(Cc1csc(N2CCOCC2)n1)N/N=C/c1ccc(C(F)(F)F)cc1. The van der Waals surface area contributed by atoms with Gasteiger partial charge in [-0.1, -0.05) is 12.1 Å². The van der Waals surface area contributed by atoms with Crippen LogP contribution in [0.5, 0.6) is 0 Å². The highest BCUT2D eigenvalue weighted by Gasteiger charge is 2.29. The predicted octanol–water partition coefficient (Wildman–Crippen LogP) is 2.69. The van der Waals surface area contributed by atoms with Crippen LogP contribution in [0.3, 0.4) is 0 Å². The number of halogens is 3. The molecule has 1 saturated heterocycles. The zero-order valence-corrected chi connectivity index (χ0v) is 15.0. The van der Waals surface area contributed by atoms with Crippen molar-refractivity contribution in [3.05, 3.63) is 46.5 Å². The lowest BCUT2D eigenvalue weighted by molar-refractivity contribution is -0.137. The van der Waals surface area contributed by atoms with Crippen LogP contribution in [-0.4, -0.2) is 43.4 Å².